The Morgan fingerprint density at radius 1 is 0.960 bits per heavy atom. The van der Waals surface area contributed by atoms with Crippen LogP contribution in [0, 0.1) is 6.92 Å². The predicted molar refractivity (Wildman–Crippen MR) is 197 cm³/mol. The van der Waals surface area contributed by atoms with E-state index in [1.54, 1.807) is 16.6 Å². The predicted octanol–water partition coefficient (Wildman–Crippen LogP) is 7.83. The summed E-state index contributed by atoms with van der Waals surface area (Å²) in [5.74, 6) is 0.453. The number of carbonyl (C=O) groups excluding carboxylic acids is 2. The lowest BCUT2D eigenvalue weighted by Gasteiger charge is -2.24. The smallest absolute Gasteiger partial charge is 0.410 e. The maximum Gasteiger partial charge on any atom is 0.410 e. The number of nitrogens with zero attached hydrogens (tertiary/aromatic N) is 4. The normalized spacial score (nSPS) is 11.7. The van der Waals surface area contributed by atoms with Crippen LogP contribution in [0.4, 0.5) is 4.79 Å². The summed E-state index contributed by atoms with van der Waals surface area (Å²) in [6.07, 6.45) is 2.29. The lowest BCUT2D eigenvalue weighted by molar-refractivity contribution is 0.0296. The number of carbonyl (C=O) groups is 2. The van der Waals surface area contributed by atoms with E-state index in [9.17, 15) is 14.7 Å². The van der Waals surface area contributed by atoms with E-state index < -0.39 is 5.60 Å². The van der Waals surface area contributed by atoms with Gasteiger partial charge in [-0.3, -0.25) is 4.68 Å². The molecule has 0 spiro atoms. The zero-order valence-corrected chi connectivity index (χ0v) is 30.4. The molecule has 0 saturated heterocycles. The lowest BCUT2D eigenvalue weighted by atomic mass is 9.98. The highest BCUT2D eigenvalue weighted by atomic mass is 16.6. The zero-order valence-electron chi connectivity index (χ0n) is 30.4. The average molecular weight is 683 g/mol. The van der Waals surface area contributed by atoms with E-state index in [2.05, 4.69) is 33.9 Å². The molecule has 0 fully saturated rings. The number of unbranched alkanes of at least 4 members (excludes halogenated alkanes) is 1. The van der Waals surface area contributed by atoms with Crippen molar-refractivity contribution in [3.8, 4) is 16.9 Å². The summed E-state index contributed by atoms with van der Waals surface area (Å²) in [5, 5.41) is 18.0. The molecule has 3 aromatic carbocycles. The van der Waals surface area contributed by atoms with Crippen LogP contribution in [0.1, 0.15) is 74.4 Å². The quantitative estimate of drug-likeness (QED) is 0.0940. The van der Waals surface area contributed by atoms with Crippen LogP contribution in [0.15, 0.2) is 60.7 Å². The van der Waals surface area contributed by atoms with E-state index in [1.807, 2.05) is 78.1 Å². The number of amides is 1. The van der Waals surface area contributed by atoms with Gasteiger partial charge in [0.1, 0.15) is 17.0 Å². The molecule has 0 radical (unpaired) electrons. The fraction of sp³-hybridized carbons (Fsp3) is 0.425. The van der Waals surface area contributed by atoms with Gasteiger partial charge in [0.2, 0.25) is 0 Å². The number of rotatable bonds is 14. The van der Waals surface area contributed by atoms with Crippen LogP contribution >= 0.6 is 0 Å². The summed E-state index contributed by atoms with van der Waals surface area (Å²) in [7, 11) is 3.60. The van der Waals surface area contributed by atoms with Crippen molar-refractivity contribution in [3.63, 3.8) is 0 Å². The van der Waals surface area contributed by atoms with Crippen molar-refractivity contribution in [2.75, 3.05) is 26.8 Å². The second kappa shape index (κ2) is 15.8. The maximum atomic E-state index is 13.9. The number of aliphatic hydroxyl groups excluding tert-OH is 1. The van der Waals surface area contributed by atoms with Crippen LogP contribution in [-0.2, 0) is 36.1 Å². The first-order chi connectivity index (χ1) is 23.9. The van der Waals surface area contributed by atoms with Gasteiger partial charge in [0, 0.05) is 54.8 Å². The van der Waals surface area contributed by atoms with E-state index in [0.29, 0.717) is 56.8 Å². The number of hydrogen-bond donors (Lipinski definition) is 1. The molecular weight excluding hydrogens is 632 g/mol. The molecule has 0 atom stereocenters. The zero-order chi connectivity index (χ0) is 36.0. The Morgan fingerprint density at radius 2 is 1.68 bits per heavy atom. The molecule has 50 heavy (non-hydrogen) atoms. The van der Waals surface area contributed by atoms with Crippen LogP contribution in [0.25, 0.3) is 32.8 Å². The van der Waals surface area contributed by atoms with Crippen molar-refractivity contribution in [2.24, 2.45) is 7.05 Å². The van der Waals surface area contributed by atoms with Gasteiger partial charge in [-0.1, -0.05) is 54.6 Å². The maximum absolute atomic E-state index is 13.9. The SMILES string of the molecule is CCOC(=O)c1c(CCCOc2cccc3ccccc23)c2cccc(-c3c(CO)nn(C)c3C)c2n1CCCCN(C)C(=O)OC(C)(C)C. The van der Waals surface area contributed by atoms with Crippen LogP contribution < -0.4 is 4.74 Å². The third-order valence-electron chi connectivity index (χ3n) is 8.89. The third kappa shape index (κ3) is 7.97. The molecule has 2 heterocycles. The van der Waals surface area contributed by atoms with E-state index in [1.165, 1.54) is 0 Å². The van der Waals surface area contributed by atoms with Crippen LogP contribution in [0.5, 0.6) is 5.75 Å². The van der Waals surface area contributed by atoms with Gasteiger partial charge in [-0.15, -0.1) is 0 Å². The first-order valence-electron chi connectivity index (χ1n) is 17.4. The highest BCUT2D eigenvalue weighted by Crippen LogP contribution is 2.38. The highest BCUT2D eigenvalue weighted by molar-refractivity contribution is 6.05. The van der Waals surface area contributed by atoms with Crippen molar-refractivity contribution >= 4 is 33.7 Å². The number of ether oxygens (including phenoxy) is 3. The molecule has 0 aliphatic heterocycles. The standard InChI is InChI=1S/C40H50N4O6/c1-8-48-38(46)37-31(21-15-25-49-34-22-13-17-28-16-9-10-18-29(28)34)30-19-14-20-32(35-27(2)43(7)41-33(35)26-45)36(30)44(37)24-12-11-23-42(6)39(47)50-40(3,4)5/h9-10,13-14,16-20,22,45H,8,11-12,15,21,23-26H2,1-7H3. The van der Waals surface area contributed by atoms with Crippen LogP contribution in [0.2, 0.25) is 0 Å². The number of fused-ring (bicyclic) bond motifs is 2. The second-order valence-corrected chi connectivity index (χ2v) is 13.6. The number of benzene rings is 3. The van der Waals surface area contributed by atoms with E-state index in [0.717, 1.165) is 49.8 Å². The van der Waals surface area contributed by atoms with Gasteiger partial charge in [-0.2, -0.15) is 5.10 Å². The Bertz CT molecular complexity index is 1960. The first-order valence-corrected chi connectivity index (χ1v) is 17.4. The molecule has 10 heteroatoms. The largest absolute Gasteiger partial charge is 0.493 e. The van der Waals surface area contributed by atoms with Crippen molar-refractivity contribution < 1.29 is 28.9 Å². The number of hydrogen-bond acceptors (Lipinski definition) is 7. The fourth-order valence-corrected chi connectivity index (χ4v) is 6.53. The number of esters is 1. The minimum atomic E-state index is -0.575. The van der Waals surface area contributed by atoms with Crippen molar-refractivity contribution in [1.82, 2.24) is 19.2 Å². The second-order valence-electron chi connectivity index (χ2n) is 13.6. The molecule has 1 N–H and O–H groups in total. The molecule has 266 valence electrons. The fourth-order valence-electron chi connectivity index (χ4n) is 6.53. The lowest BCUT2D eigenvalue weighted by Crippen LogP contribution is -2.34. The molecule has 2 aromatic heterocycles. The molecule has 10 nitrogen and oxygen atoms in total. The average Bonchev–Trinajstić information content (AvgIpc) is 3.56. The molecule has 0 bridgehead atoms. The summed E-state index contributed by atoms with van der Waals surface area (Å²) < 4.78 is 21.4. The van der Waals surface area contributed by atoms with E-state index >= 15 is 0 Å². The Balaban J connectivity index is 1.51. The van der Waals surface area contributed by atoms with E-state index in [4.69, 9.17) is 14.2 Å². The van der Waals surface area contributed by atoms with Crippen LogP contribution in [0.3, 0.4) is 0 Å². The molecule has 0 aliphatic rings. The Morgan fingerprint density at radius 3 is 2.42 bits per heavy atom. The van der Waals surface area contributed by atoms with Gasteiger partial charge in [-0.05, 0) is 77.3 Å². The molecule has 5 rings (SSSR count). The molecule has 1 amide bonds. The van der Waals surface area contributed by atoms with Crippen molar-refractivity contribution in [3.05, 3.63) is 83.3 Å². The van der Waals surface area contributed by atoms with E-state index in [-0.39, 0.29) is 25.3 Å². The molecule has 5 aromatic rings. The Kier molecular flexibility index (Phi) is 11.5. The van der Waals surface area contributed by atoms with Crippen molar-refractivity contribution in [2.45, 2.75) is 79.1 Å². The molecule has 0 unspecified atom stereocenters. The monoisotopic (exact) mass is 682 g/mol. The minimum Gasteiger partial charge on any atom is -0.493 e. The summed E-state index contributed by atoms with van der Waals surface area (Å²) in [6.45, 7) is 10.9. The van der Waals surface area contributed by atoms with Gasteiger partial charge in [0.25, 0.3) is 0 Å². The van der Waals surface area contributed by atoms with Gasteiger partial charge in [-0.25, -0.2) is 9.59 Å². The Hall–Kier alpha value is -4.83. The van der Waals surface area contributed by atoms with Gasteiger partial charge in [0.15, 0.2) is 0 Å². The number of para-hydroxylation sites is 1. The van der Waals surface area contributed by atoms with Crippen molar-refractivity contribution in [1.29, 1.82) is 0 Å². The highest BCUT2D eigenvalue weighted by Gasteiger charge is 2.28. The minimum absolute atomic E-state index is 0.214. The van der Waals surface area contributed by atoms with Gasteiger partial charge in [0.05, 0.1) is 31.0 Å². The van der Waals surface area contributed by atoms with Crippen LogP contribution in [-0.4, -0.2) is 68.8 Å². The number of aliphatic hydroxyl groups is 1. The first kappa shape index (κ1) is 36.5. The Labute approximate surface area is 294 Å². The van der Waals surface area contributed by atoms with Gasteiger partial charge < -0.3 is 28.8 Å². The summed E-state index contributed by atoms with van der Waals surface area (Å²) in [5.41, 5.74) is 4.98. The summed E-state index contributed by atoms with van der Waals surface area (Å²) in [6, 6.07) is 20.3. The molecular formula is C40H50N4O6. The number of aryl methyl sites for hydroxylation is 3. The molecule has 0 saturated carbocycles. The summed E-state index contributed by atoms with van der Waals surface area (Å²) in [4.78, 5) is 28.0. The molecule has 0 aliphatic carbocycles. The number of aromatic nitrogens is 3. The van der Waals surface area contributed by atoms with Gasteiger partial charge >= 0.3 is 12.1 Å². The topological polar surface area (TPSA) is 108 Å². The third-order valence-corrected chi connectivity index (χ3v) is 8.89. The summed E-state index contributed by atoms with van der Waals surface area (Å²) >= 11 is 0.